The molecule has 0 aliphatic carbocycles. The third kappa shape index (κ3) is 6.16. The van der Waals surface area contributed by atoms with E-state index < -0.39 is 13.6 Å². The first-order chi connectivity index (χ1) is 12.2. The quantitative estimate of drug-likeness (QED) is 0.483. The van der Waals surface area contributed by atoms with Gasteiger partial charge in [-0.15, -0.1) is 0 Å². The van der Waals surface area contributed by atoms with Crippen LogP contribution in [-0.2, 0) is 15.3 Å². The molecule has 2 aromatic carbocycles. The average Bonchev–Trinajstić information content (AvgIpc) is 2.53. The largest absolute Gasteiger partial charge is 0.332 e. The SMILES string of the molecule is CCOP(=O)(O)Cc1cc(Cl)ccc1NC(=O)Nc1ccc(Cl)c(Cl)c1. The monoisotopic (exact) mass is 436 g/mol. The molecule has 6 nitrogen and oxygen atoms in total. The molecule has 0 fully saturated rings. The number of carbonyl (C=O) groups excluding carboxylic acids is 1. The van der Waals surface area contributed by atoms with E-state index in [9.17, 15) is 14.3 Å². The summed E-state index contributed by atoms with van der Waals surface area (Å²) in [6.07, 6.45) is -0.288. The Morgan fingerprint density at radius 1 is 1.12 bits per heavy atom. The Kier molecular flexibility index (Phi) is 7.35. The summed E-state index contributed by atoms with van der Waals surface area (Å²) in [7, 11) is -3.85. The van der Waals surface area contributed by atoms with Gasteiger partial charge in [-0.25, -0.2) is 4.79 Å². The lowest BCUT2D eigenvalue weighted by Gasteiger charge is -2.15. The van der Waals surface area contributed by atoms with Gasteiger partial charge in [0.05, 0.1) is 22.8 Å². The van der Waals surface area contributed by atoms with Crippen LogP contribution >= 0.6 is 42.4 Å². The fourth-order valence-electron chi connectivity index (χ4n) is 2.14. The van der Waals surface area contributed by atoms with E-state index in [1.54, 1.807) is 25.1 Å². The molecule has 0 bridgehead atoms. The molecule has 0 aliphatic rings. The van der Waals surface area contributed by atoms with E-state index in [2.05, 4.69) is 10.6 Å². The van der Waals surface area contributed by atoms with E-state index in [0.717, 1.165) is 0 Å². The molecule has 0 aromatic heterocycles. The Bertz CT molecular complexity index is 863. The number of anilines is 2. The number of hydrogen-bond donors (Lipinski definition) is 3. The van der Waals surface area contributed by atoms with Crippen LogP contribution in [-0.4, -0.2) is 17.5 Å². The van der Waals surface area contributed by atoms with Crippen LogP contribution in [0.15, 0.2) is 36.4 Å². The zero-order chi connectivity index (χ0) is 19.3. The standard InChI is InChI=1S/C16H16Cl3N2O4P/c1-2-25-26(23,24)9-10-7-11(17)3-6-15(10)21-16(22)20-12-4-5-13(18)14(19)8-12/h3-8H,2,9H2,1H3,(H,23,24)(H2,20,21,22). The molecule has 0 aliphatic heterocycles. The number of nitrogens with one attached hydrogen (secondary N) is 2. The molecule has 2 amide bonds. The van der Waals surface area contributed by atoms with Gasteiger partial charge in [-0.1, -0.05) is 34.8 Å². The second-order valence-electron chi connectivity index (χ2n) is 5.22. The van der Waals surface area contributed by atoms with Gasteiger partial charge < -0.3 is 20.1 Å². The summed E-state index contributed by atoms with van der Waals surface area (Å²) in [6.45, 7) is 1.71. The van der Waals surface area contributed by atoms with Crippen molar-refractivity contribution in [2.24, 2.45) is 0 Å². The molecule has 10 heteroatoms. The van der Waals surface area contributed by atoms with Crippen molar-refractivity contribution in [3.8, 4) is 0 Å². The van der Waals surface area contributed by atoms with E-state index in [4.69, 9.17) is 39.3 Å². The molecule has 0 radical (unpaired) electrons. The van der Waals surface area contributed by atoms with Crippen molar-refractivity contribution in [2.75, 3.05) is 17.2 Å². The third-order valence-electron chi connectivity index (χ3n) is 3.19. The Balaban J connectivity index is 2.16. The Morgan fingerprint density at radius 3 is 2.50 bits per heavy atom. The zero-order valence-electron chi connectivity index (χ0n) is 13.6. The lowest BCUT2D eigenvalue weighted by Crippen LogP contribution is -2.20. The van der Waals surface area contributed by atoms with E-state index in [1.807, 2.05) is 0 Å². The molecular weight excluding hydrogens is 422 g/mol. The van der Waals surface area contributed by atoms with Crippen LogP contribution in [0.3, 0.4) is 0 Å². The second kappa shape index (κ2) is 9.09. The smallest absolute Gasteiger partial charge is 0.324 e. The summed E-state index contributed by atoms with van der Waals surface area (Å²) >= 11 is 17.7. The van der Waals surface area contributed by atoms with Crippen LogP contribution in [0.5, 0.6) is 0 Å². The molecule has 26 heavy (non-hydrogen) atoms. The molecule has 2 rings (SSSR count). The minimum atomic E-state index is -3.85. The first kappa shape index (κ1) is 21.0. The van der Waals surface area contributed by atoms with Crippen LogP contribution < -0.4 is 10.6 Å². The highest BCUT2D eigenvalue weighted by Gasteiger charge is 2.22. The number of carbonyl (C=O) groups is 1. The fraction of sp³-hybridized carbons (Fsp3) is 0.188. The summed E-state index contributed by atoms with van der Waals surface area (Å²) in [5.74, 6) is 0. The normalized spacial score (nSPS) is 13.1. The molecule has 2 aromatic rings. The number of benzene rings is 2. The van der Waals surface area contributed by atoms with Gasteiger partial charge in [-0.3, -0.25) is 4.57 Å². The van der Waals surface area contributed by atoms with Gasteiger partial charge in [0.2, 0.25) is 0 Å². The maximum Gasteiger partial charge on any atom is 0.332 e. The molecule has 0 saturated carbocycles. The van der Waals surface area contributed by atoms with E-state index in [0.29, 0.717) is 32.0 Å². The van der Waals surface area contributed by atoms with Crippen LogP contribution in [0.2, 0.25) is 15.1 Å². The Morgan fingerprint density at radius 2 is 1.85 bits per heavy atom. The van der Waals surface area contributed by atoms with Crippen molar-refractivity contribution in [2.45, 2.75) is 13.1 Å². The van der Waals surface area contributed by atoms with Crippen LogP contribution in [0.1, 0.15) is 12.5 Å². The van der Waals surface area contributed by atoms with Crippen molar-refractivity contribution in [3.05, 3.63) is 57.0 Å². The maximum absolute atomic E-state index is 12.2. The topological polar surface area (TPSA) is 87.7 Å². The summed E-state index contributed by atoms with van der Waals surface area (Å²) in [4.78, 5) is 22.1. The van der Waals surface area contributed by atoms with Crippen molar-refractivity contribution in [3.63, 3.8) is 0 Å². The zero-order valence-corrected chi connectivity index (χ0v) is 16.8. The molecule has 0 spiro atoms. The van der Waals surface area contributed by atoms with Crippen LogP contribution in [0.4, 0.5) is 16.2 Å². The lowest BCUT2D eigenvalue weighted by molar-refractivity contribution is 0.262. The molecule has 1 unspecified atom stereocenters. The van der Waals surface area contributed by atoms with Crippen LogP contribution in [0, 0.1) is 0 Å². The number of amides is 2. The molecule has 0 saturated heterocycles. The summed E-state index contributed by atoms with van der Waals surface area (Å²) < 4.78 is 16.9. The van der Waals surface area contributed by atoms with E-state index in [1.165, 1.54) is 18.2 Å². The van der Waals surface area contributed by atoms with Crippen molar-refractivity contribution in [1.82, 2.24) is 0 Å². The number of urea groups is 1. The first-order valence-corrected chi connectivity index (χ1v) is 10.4. The number of hydrogen-bond acceptors (Lipinski definition) is 3. The Hall–Kier alpha value is -1.27. The average molecular weight is 438 g/mol. The summed E-state index contributed by atoms with van der Waals surface area (Å²) in [5, 5.41) is 6.25. The van der Waals surface area contributed by atoms with Gasteiger partial charge in [0, 0.05) is 16.4 Å². The predicted molar refractivity (Wildman–Crippen MR) is 106 cm³/mol. The minimum Gasteiger partial charge on any atom is -0.324 e. The fourth-order valence-corrected chi connectivity index (χ4v) is 3.82. The molecular formula is C16H16Cl3N2O4P. The molecule has 140 valence electrons. The summed E-state index contributed by atoms with van der Waals surface area (Å²) in [5.41, 5.74) is 1.15. The molecule has 0 heterocycles. The number of halogens is 3. The van der Waals surface area contributed by atoms with Gasteiger partial charge >= 0.3 is 13.6 Å². The van der Waals surface area contributed by atoms with Crippen molar-refractivity contribution in [1.29, 1.82) is 0 Å². The lowest BCUT2D eigenvalue weighted by atomic mass is 10.2. The first-order valence-electron chi connectivity index (χ1n) is 7.48. The Labute approximate surface area is 165 Å². The van der Waals surface area contributed by atoms with E-state index in [-0.39, 0.29) is 12.8 Å². The van der Waals surface area contributed by atoms with Gasteiger partial charge in [0.15, 0.2) is 0 Å². The summed E-state index contributed by atoms with van der Waals surface area (Å²) in [6, 6.07) is 8.68. The predicted octanol–water partition coefficient (Wildman–Crippen LogP) is 6.01. The van der Waals surface area contributed by atoms with Crippen molar-refractivity contribution >= 4 is 59.8 Å². The minimum absolute atomic E-state index is 0.0922. The highest BCUT2D eigenvalue weighted by molar-refractivity contribution is 7.51. The van der Waals surface area contributed by atoms with E-state index >= 15 is 0 Å². The highest BCUT2D eigenvalue weighted by Crippen LogP contribution is 2.47. The molecule has 1 atom stereocenters. The van der Waals surface area contributed by atoms with Gasteiger partial charge in [0.1, 0.15) is 0 Å². The third-order valence-corrected chi connectivity index (χ3v) is 5.57. The maximum atomic E-state index is 12.2. The van der Waals surface area contributed by atoms with Gasteiger partial charge in [-0.2, -0.15) is 0 Å². The molecule has 3 N–H and O–H groups in total. The second-order valence-corrected chi connectivity index (χ2v) is 8.32. The van der Waals surface area contributed by atoms with Gasteiger partial charge in [-0.05, 0) is 48.9 Å². The van der Waals surface area contributed by atoms with Crippen molar-refractivity contribution < 1.29 is 18.8 Å². The highest BCUT2D eigenvalue weighted by atomic mass is 35.5. The van der Waals surface area contributed by atoms with Crippen LogP contribution in [0.25, 0.3) is 0 Å². The van der Waals surface area contributed by atoms with Gasteiger partial charge in [0.25, 0.3) is 0 Å². The number of rotatable bonds is 6.